The molecule has 0 aliphatic carbocycles. The van der Waals surface area contributed by atoms with Crippen molar-refractivity contribution in [1.29, 1.82) is 0 Å². The summed E-state index contributed by atoms with van der Waals surface area (Å²) < 4.78 is 5.18. The predicted molar refractivity (Wildman–Crippen MR) is 105 cm³/mol. The summed E-state index contributed by atoms with van der Waals surface area (Å²) in [6, 6.07) is 7.81. The average Bonchev–Trinajstić information content (AvgIpc) is 3.40. The quantitative estimate of drug-likeness (QED) is 0.724. The smallest absolute Gasteiger partial charge is 0.266 e. The van der Waals surface area contributed by atoms with Gasteiger partial charge in [-0.2, -0.15) is 4.98 Å². The number of amides is 1. The van der Waals surface area contributed by atoms with E-state index in [0.717, 1.165) is 49.3 Å². The molecule has 3 aromatic rings. The monoisotopic (exact) mass is 383 g/mol. The van der Waals surface area contributed by atoms with E-state index in [2.05, 4.69) is 25.3 Å². The second-order valence-electron chi connectivity index (χ2n) is 6.55. The topological polar surface area (TPSA) is 84.2 Å². The van der Waals surface area contributed by atoms with Gasteiger partial charge in [0, 0.05) is 42.1 Å². The van der Waals surface area contributed by atoms with Crippen LogP contribution in [0.2, 0.25) is 0 Å². The first-order valence-electron chi connectivity index (χ1n) is 9.10. The van der Waals surface area contributed by atoms with Crippen LogP contribution in [0, 0.1) is 5.92 Å². The lowest BCUT2D eigenvalue weighted by Crippen LogP contribution is -2.38. The van der Waals surface area contributed by atoms with E-state index in [0.29, 0.717) is 11.8 Å². The van der Waals surface area contributed by atoms with Crippen molar-refractivity contribution < 1.29 is 9.32 Å². The van der Waals surface area contributed by atoms with Crippen LogP contribution in [0.5, 0.6) is 0 Å². The largest absolute Gasteiger partial charge is 0.338 e. The second kappa shape index (κ2) is 7.87. The van der Waals surface area contributed by atoms with Crippen LogP contribution in [0.4, 0.5) is 11.6 Å². The first-order chi connectivity index (χ1) is 13.2. The fourth-order valence-corrected chi connectivity index (χ4v) is 3.78. The SMILES string of the molecule is CCc1nc(N2CCC(C(=O)Nc3cccc(-c4cscn4)c3)CC2)no1. The van der Waals surface area contributed by atoms with Gasteiger partial charge in [0.2, 0.25) is 11.8 Å². The minimum atomic E-state index is -0.0123. The van der Waals surface area contributed by atoms with Gasteiger partial charge in [-0.25, -0.2) is 4.98 Å². The number of benzene rings is 1. The third kappa shape index (κ3) is 4.00. The Hall–Kier alpha value is -2.74. The molecule has 1 aliphatic heterocycles. The zero-order valence-electron chi connectivity index (χ0n) is 15.1. The van der Waals surface area contributed by atoms with Crippen LogP contribution in [0.15, 0.2) is 39.7 Å². The molecule has 1 N–H and O–H groups in total. The summed E-state index contributed by atoms with van der Waals surface area (Å²) in [5.74, 6) is 1.32. The molecule has 8 heteroatoms. The van der Waals surface area contributed by atoms with Crippen LogP contribution in [0.1, 0.15) is 25.7 Å². The van der Waals surface area contributed by atoms with Gasteiger partial charge in [-0.1, -0.05) is 19.1 Å². The molecule has 2 aromatic heterocycles. The lowest BCUT2D eigenvalue weighted by molar-refractivity contribution is -0.120. The number of hydrogen-bond donors (Lipinski definition) is 1. The van der Waals surface area contributed by atoms with Gasteiger partial charge in [0.15, 0.2) is 0 Å². The van der Waals surface area contributed by atoms with Gasteiger partial charge in [0.25, 0.3) is 5.95 Å². The third-order valence-electron chi connectivity index (χ3n) is 4.77. The van der Waals surface area contributed by atoms with E-state index in [4.69, 9.17) is 4.52 Å². The van der Waals surface area contributed by atoms with E-state index in [1.165, 1.54) is 0 Å². The number of anilines is 2. The lowest BCUT2D eigenvalue weighted by atomic mass is 9.96. The van der Waals surface area contributed by atoms with Gasteiger partial charge in [0.05, 0.1) is 11.2 Å². The molecule has 1 aliphatic rings. The minimum Gasteiger partial charge on any atom is -0.338 e. The van der Waals surface area contributed by atoms with Gasteiger partial charge in [-0.15, -0.1) is 11.3 Å². The van der Waals surface area contributed by atoms with Crippen LogP contribution in [0.3, 0.4) is 0 Å². The standard InChI is InChI=1S/C19H21N5O2S/c1-2-17-22-19(23-26-17)24-8-6-13(7-9-24)18(25)21-15-5-3-4-14(10-15)16-11-27-12-20-16/h3-5,10-13H,2,6-9H2,1H3,(H,21,25). The molecule has 1 saturated heterocycles. The normalized spacial score (nSPS) is 15.1. The Morgan fingerprint density at radius 3 is 2.93 bits per heavy atom. The lowest BCUT2D eigenvalue weighted by Gasteiger charge is -2.30. The van der Waals surface area contributed by atoms with Gasteiger partial charge >= 0.3 is 0 Å². The molecule has 0 atom stereocenters. The first kappa shape index (κ1) is 17.7. The molecule has 7 nitrogen and oxygen atoms in total. The predicted octanol–water partition coefficient (Wildman–Crippen LogP) is 3.61. The van der Waals surface area contributed by atoms with Gasteiger partial charge in [-0.3, -0.25) is 4.79 Å². The van der Waals surface area contributed by atoms with E-state index in [1.54, 1.807) is 11.3 Å². The van der Waals surface area contributed by atoms with Crippen LogP contribution in [0.25, 0.3) is 11.3 Å². The van der Waals surface area contributed by atoms with Crippen LogP contribution in [-0.4, -0.2) is 34.1 Å². The van der Waals surface area contributed by atoms with Crippen LogP contribution >= 0.6 is 11.3 Å². The number of rotatable bonds is 5. The maximum absolute atomic E-state index is 12.7. The van der Waals surface area contributed by atoms with Crippen LogP contribution in [-0.2, 0) is 11.2 Å². The number of thiazole rings is 1. The third-order valence-corrected chi connectivity index (χ3v) is 5.35. The Labute approximate surface area is 161 Å². The van der Waals surface area contributed by atoms with E-state index >= 15 is 0 Å². The van der Waals surface area contributed by atoms with Crippen molar-refractivity contribution in [3.63, 3.8) is 0 Å². The molecule has 0 saturated carbocycles. The van der Waals surface area contributed by atoms with Crippen molar-refractivity contribution in [2.24, 2.45) is 5.92 Å². The van der Waals surface area contributed by atoms with E-state index < -0.39 is 0 Å². The Kier molecular flexibility index (Phi) is 5.15. The summed E-state index contributed by atoms with van der Waals surface area (Å²) in [5, 5.41) is 9.07. The molecular formula is C19H21N5O2S. The van der Waals surface area contributed by atoms with Crippen molar-refractivity contribution in [3.05, 3.63) is 41.0 Å². The highest BCUT2D eigenvalue weighted by atomic mass is 32.1. The van der Waals surface area contributed by atoms with E-state index in [-0.39, 0.29) is 11.8 Å². The van der Waals surface area contributed by atoms with Crippen LogP contribution < -0.4 is 10.2 Å². The Morgan fingerprint density at radius 1 is 1.37 bits per heavy atom. The summed E-state index contributed by atoms with van der Waals surface area (Å²) in [6.07, 6.45) is 2.27. The number of carbonyl (C=O) groups excluding carboxylic acids is 1. The van der Waals surface area contributed by atoms with Gasteiger partial charge in [-0.05, 0) is 30.1 Å². The summed E-state index contributed by atoms with van der Waals surface area (Å²) in [7, 11) is 0. The molecule has 1 fully saturated rings. The molecule has 4 rings (SSSR count). The second-order valence-corrected chi connectivity index (χ2v) is 7.27. The maximum atomic E-state index is 12.7. The summed E-state index contributed by atoms with van der Waals surface area (Å²) in [6.45, 7) is 3.48. The molecule has 0 spiro atoms. The molecule has 0 bridgehead atoms. The number of nitrogens with one attached hydrogen (secondary N) is 1. The number of aromatic nitrogens is 3. The fourth-order valence-electron chi connectivity index (χ4n) is 3.22. The fraction of sp³-hybridized carbons (Fsp3) is 0.368. The van der Waals surface area contributed by atoms with E-state index in [9.17, 15) is 4.79 Å². The molecule has 1 aromatic carbocycles. The highest BCUT2D eigenvalue weighted by Crippen LogP contribution is 2.25. The zero-order chi connectivity index (χ0) is 18.6. The summed E-state index contributed by atoms with van der Waals surface area (Å²) in [5.41, 5.74) is 4.55. The number of nitrogens with zero attached hydrogens (tertiary/aromatic N) is 4. The average molecular weight is 383 g/mol. The van der Waals surface area contributed by atoms with Crippen molar-refractivity contribution in [2.75, 3.05) is 23.3 Å². The van der Waals surface area contributed by atoms with Crippen molar-refractivity contribution in [1.82, 2.24) is 15.1 Å². The molecule has 3 heterocycles. The summed E-state index contributed by atoms with van der Waals surface area (Å²) in [4.78, 5) is 23.4. The maximum Gasteiger partial charge on any atom is 0.266 e. The molecule has 140 valence electrons. The number of aryl methyl sites for hydroxylation is 1. The number of hydrogen-bond acceptors (Lipinski definition) is 7. The van der Waals surface area contributed by atoms with E-state index in [1.807, 2.05) is 42.1 Å². The highest BCUT2D eigenvalue weighted by molar-refractivity contribution is 7.07. The molecule has 1 amide bonds. The van der Waals surface area contributed by atoms with Crippen molar-refractivity contribution in [2.45, 2.75) is 26.2 Å². The first-order valence-corrected chi connectivity index (χ1v) is 10.0. The van der Waals surface area contributed by atoms with Crippen molar-refractivity contribution in [3.8, 4) is 11.3 Å². The number of carbonyl (C=O) groups is 1. The summed E-state index contributed by atoms with van der Waals surface area (Å²) >= 11 is 1.56. The minimum absolute atomic E-state index is 0.0123. The molecule has 0 radical (unpaired) electrons. The molecular weight excluding hydrogens is 362 g/mol. The Morgan fingerprint density at radius 2 is 2.22 bits per heavy atom. The zero-order valence-corrected chi connectivity index (χ0v) is 15.9. The Balaban J connectivity index is 1.35. The Bertz CT molecular complexity index is 900. The van der Waals surface area contributed by atoms with Gasteiger partial charge in [0.1, 0.15) is 0 Å². The molecule has 27 heavy (non-hydrogen) atoms. The van der Waals surface area contributed by atoms with Crippen molar-refractivity contribution >= 4 is 28.9 Å². The number of piperidine rings is 1. The highest BCUT2D eigenvalue weighted by Gasteiger charge is 2.27. The van der Waals surface area contributed by atoms with Gasteiger partial charge < -0.3 is 14.7 Å². The molecule has 0 unspecified atom stereocenters.